The number of nitrogens with one attached hydrogen (secondary N) is 3. The average molecular weight is 587 g/mol. The number of alkyl carbamates (subject to hydrolysis) is 1. The highest BCUT2D eigenvalue weighted by Gasteiger charge is 2.27. The molecule has 0 unspecified atom stereocenters. The van der Waals surface area contributed by atoms with Crippen molar-refractivity contribution in [2.75, 3.05) is 13.1 Å². The van der Waals surface area contributed by atoms with Gasteiger partial charge < -0.3 is 48.0 Å². The van der Waals surface area contributed by atoms with E-state index in [1.54, 1.807) is 45.0 Å². The zero-order valence-electron chi connectivity index (χ0n) is 23.8. The van der Waals surface area contributed by atoms with Crippen molar-refractivity contribution in [3.63, 3.8) is 0 Å². The molecule has 16 nitrogen and oxygen atoms in total. The van der Waals surface area contributed by atoms with E-state index in [4.69, 9.17) is 32.1 Å². The van der Waals surface area contributed by atoms with E-state index in [0.29, 0.717) is 17.7 Å². The van der Waals surface area contributed by atoms with Crippen LogP contribution in [0.2, 0.25) is 0 Å². The smallest absolute Gasteiger partial charge is 0.408 e. The molecule has 0 fully saturated rings. The number of carbonyl (C=O) groups is 4. The van der Waals surface area contributed by atoms with Gasteiger partial charge in [-0.2, -0.15) is 0 Å². The largest absolute Gasteiger partial charge is 0.444 e. The summed E-state index contributed by atoms with van der Waals surface area (Å²) in [5, 5.41) is 7.58. The molecule has 1 aromatic carbocycles. The molecule has 228 valence electrons. The molecular weight excluding hydrogens is 548 g/mol. The van der Waals surface area contributed by atoms with E-state index >= 15 is 0 Å². The van der Waals surface area contributed by atoms with Crippen LogP contribution in [0.5, 0.6) is 0 Å². The van der Waals surface area contributed by atoms with E-state index < -0.39 is 47.9 Å². The number of hydrogen-bond donors (Lipinski definition) is 7. The lowest BCUT2D eigenvalue weighted by Crippen LogP contribution is -2.52. The van der Waals surface area contributed by atoms with Crippen molar-refractivity contribution < 1.29 is 28.3 Å². The molecule has 42 heavy (non-hydrogen) atoms. The third kappa shape index (κ3) is 12.4. The highest BCUT2D eigenvalue weighted by atomic mass is 16.6. The molecule has 0 spiro atoms. The molecule has 0 bridgehead atoms. The number of ketones is 1. The van der Waals surface area contributed by atoms with Gasteiger partial charge in [-0.1, -0.05) is 12.1 Å². The van der Waals surface area contributed by atoms with Crippen molar-refractivity contribution in [1.82, 2.24) is 20.9 Å². The summed E-state index contributed by atoms with van der Waals surface area (Å²) in [6.45, 7) is 4.77. The lowest BCUT2D eigenvalue weighted by atomic mass is 10.0. The minimum atomic E-state index is -1.13. The van der Waals surface area contributed by atoms with Crippen LogP contribution in [-0.4, -0.2) is 71.4 Å². The molecule has 1 aromatic heterocycles. The van der Waals surface area contributed by atoms with Crippen molar-refractivity contribution in [2.45, 2.75) is 57.7 Å². The summed E-state index contributed by atoms with van der Waals surface area (Å²) in [4.78, 5) is 62.9. The van der Waals surface area contributed by atoms with Gasteiger partial charge in [0.15, 0.2) is 11.9 Å². The van der Waals surface area contributed by atoms with E-state index in [0.717, 1.165) is 0 Å². The number of rotatable bonds is 14. The summed E-state index contributed by atoms with van der Waals surface area (Å²) in [5.41, 5.74) is 21.8. The third-order valence-corrected chi connectivity index (χ3v) is 5.28. The van der Waals surface area contributed by atoms with E-state index in [1.807, 2.05) is 0 Å². The molecule has 1 heterocycles. The minimum absolute atomic E-state index is 0.0244. The first-order valence-corrected chi connectivity index (χ1v) is 13.0. The molecule has 3 amide bonds. The Hall–Kier alpha value is -5.15. The fourth-order valence-corrected chi connectivity index (χ4v) is 3.60. The predicted octanol–water partition coefficient (Wildman–Crippen LogP) is -0.447. The number of hydrogen-bond acceptors (Lipinski definition) is 9. The fourth-order valence-electron chi connectivity index (χ4n) is 3.60. The second-order valence-corrected chi connectivity index (χ2v) is 10.1. The van der Waals surface area contributed by atoms with Gasteiger partial charge in [0.25, 0.3) is 5.89 Å². The zero-order valence-corrected chi connectivity index (χ0v) is 23.8. The van der Waals surface area contributed by atoms with E-state index in [-0.39, 0.29) is 37.2 Å². The lowest BCUT2D eigenvalue weighted by molar-refractivity contribution is -0.127. The van der Waals surface area contributed by atoms with Crippen LogP contribution in [0.15, 0.2) is 51.1 Å². The van der Waals surface area contributed by atoms with Gasteiger partial charge in [0.2, 0.25) is 17.6 Å². The van der Waals surface area contributed by atoms with E-state index in [2.05, 4.69) is 30.9 Å². The summed E-state index contributed by atoms with van der Waals surface area (Å²) < 4.78 is 10.4. The Kier molecular flexibility index (Phi) is 12.3. The predicted molar refractivity (Wildman–Crippen MR) is 154 cm³/mol. The van der Waals surface area contributed by atoms with Crippen molar-refractivity contribution in [1.29, 1.82) is 0 Å². The first-order valence-electron chi connectivity index (χ1n) is 13.0. The Balaban J connectivity index is 2.11. The molecule has 0 aliphatic carbocycles. The minimum Gasteiger partial charge on any atom is -0.444 e. The average Bonchev–Trinajstić information content (AvgIpc) is 3.42. The van der Waals surface area contributed by atoms with Crippen LogP contribution in [0.1, 0.15) is 49.9 Å². The quantitative estimate of drug-likeness (QED) is 0.0644. The molecule has 2 atom stereocenters. The lowest BCUT2D eigenvalue weighted by Gasteiger charge is -2.23. The van der Waals surface area contributed by atoms with Gasteiger partial charge >= 0.3 is 6.09 Å². The number of benzene rings is 1. The van der Waals surface area contributed by atoms with Gasteiger partial charge in [-0.15, -0.1) is 0 Å². The molecule has 2 rings (SSSR count). The molecular formula is C26H38N10O6. The van der Waals surface area contributed by atoms with Gasteiger partial charge in [-0.3, -0.25) is 19.4 Å². The maximum Gasteiger partial charge on any atom is 0.408 e. The van der Waals surface area contributed by atoms with Crippen LogP contribution in [0.4, 0.5) is 10.5 Å². The van der Waals surface area contributed by atoms with Gasteiger partial charge in [-0.25, -0.2) is 14.8 Å². The van der Waals surface area contributed by atoms with E-state index in [9.17, 15) is 19.2 Å². The number of oxazole rings is 1. The molecule has 11 N–H and O–H groups in total. The van der Waals surface area contributed by atoms with Crippen LogP contribution in [0, 0.1) is 0 Å². The monoisotopic (exact) mass is 586 g/mol. The zero-order chi connectivity index (χ0) is 31.3. The Morgan fingerprint density at radius 3 is 2.40 bits per heavy atom. The number of aromatic nitrogens is 1. The molecule has 2 aromatic rings. The summed E-state index contributed by atoms with van der Waals surface area (Å²) in [7, 11) is 0. The molecule has 0 radical (unpaired) electrons. The van der Waals surface area contributed by atoms with Gasteiger partial charge in [0, 0.05) is 13.0 Å². The van der Waals surface area contributed by atoms with Crippen molar-refractivity contribution in [2.24, 2.45) is 32.9 Å². The number of carbonyl (C=O) groups excluding carboxylic acids is 4. The first kappa shape index (κ1) is 33.1. The maximum atomic E-state index is 13.1. The van der Waals surface area contributed by atoms with Gasteiger partial charge in [0.1, 0.15) is 17.9 Å². The van der Waals surface area contributed by atoms with Crippen molar-refractivity contribution in [3.8, 4) is 0 Å². The van der Waals surface area contributed by atoms with Crippen LogP contribution in [0.3, 0.4) is 0 Å². The van der Waals surface area contributed by atoms with Gasteiger partial charge in [0.05, 0.1) is 24.5 Å². The van der Waals surface area contributed by atoms with Crippen molar-refractivity contribution in [3.05, 3.63) is 48.2 Å². The number of guanidine groups is 2. The van der Waals surface area contributed by atoms with E-state index in [1.165, 1.54) is 12.5 Å². The number of nitrogens with zero attached hydrogens (tertiary/aromatic N) is 3. The molecule has 0 aliphatic heterocycles. The number of Topliss-reactive ketones (excluding diaryl/α,β-unsaturated/α-hetero) is 1. The molecule has 0 aliphatic rings. The number of aliphatic imine (C=N–C) groups is 2. The Morgan fingerprint density at radius 1 is 1.05 bits per heavy atom. The Labute approximate surface area is 242 Å². The topological polar surface area (TPSA) is 268 Å². The summed E-state index contributed by atoms with van der Waals surface area (Å²) in [6, 6.07) is 4.56. The third-order valence-electron chi connectivity index (χ3n) is 5.28. The first-order chi connectivity index (χ1) is 19.7. The number of ether oxygens (including phenoxy) is 1. The highest BCUT2D eigenvalue weighted by molar-refractivity contribution is 5.99. The second-order valence-electron chi connectivity index (χ2n) is 10.1. The summed E-state index contributed by atoms with van der Waals surface area (Å²) in [6.07, 6.45) is 2.27. The van der Waals surface area contributed by atoms with Crippen LogP contribution < -0.4 is 38.9 Å². The Bertz CT molecular complexity index is 1280. The van der Waals surface area contributed by atoms with Crippen LogP contribution >= 0.6 is 0 Å². The maximum absolute atomic E-state index is 13.1. The second kappa shape index (κ2) is 15.6. The highest BCUT2D eigenvalue weighted by Crippen LogP contribution is 2.16. The number of amides is 3. The summed E-state index contributed by atoms with van der Waals surface area (Å²) >= 11 is 0. The van der Waals surface area contributed by atoms with Gasteiger partial charge in [-0.05, 0) is 51.3 Å². The fraction of sp³-hybridized carbons (Fsp3) is 0.423. The Morgan fingerprint density at radius 2 is 1.79 bits per heavy atom. The SMILES string of the molecule is CC(C)(C)OC(=O)N[C@H](Cc1cccc(N=C(N)N)c1)C(=O)NCC(=O)N[C@@H](CCCN=C(N)N)C(=O)c1ncco1. The molecule has 0 saturated carbocycles. The molecule has 16 heteroatoms. The normalized spacial score (nSPS) is 12.3. The standard InChI is InChI=1S/C26H38N10O6/c1-26(2,3)42-25(40)36-18(13-15-6-4-7-16(12-15)34-24(29)30)21(39)33-14-19(37)35-17(8-5-9-32-23(27)28)20(38)22-31-10-11-41-22/h4,6-7,10-12,17-18H,5,8-9,13-14H2,1-3H3,(H,33,39)(H,35,37)(H,36,40)(H4,27,28,32)(H4,29,30,34)/t17-,18+/m0/s1. The van der Waals surface area contributed by atoms with Crippen LogP contribution in [-0.2, 0) is 20.7 Å². The van der Waals surface area contributed by atoms with Crippen molar-refractivity contribution >= 4 is 41.3 Å². The van der Waals surface area contributed by atoms with Crippen LogP contribution in [0.25, 0.3) is 0 Å². The summed E-state index contributed by atoms with van der Waals surface area (Å²) in [5.74, 6) is -2.33. The number of nitrogens with two attached hydrogens (primary N) is 4. The molecule has 0 saturated heterocycles.